The molecule has 0 atom stereocenters. The average Bonchev–Trinajstić information content (AvgIpc) is 2.82. The molecule has 0 aromatic heterocycles. The Morgan fingerprint density at radius 1 is 0.816 bits per heavy atom. The highest BCUT2D eigenvalue weighted by atomic mass is 127. The number of rotatable bonds is 6. The Bertz CT molecular complexity index is 1720. The van der Waals surface area contributed by atoms with E-state index in [0.717, 1.165) is 9.64 Å². The fourth-order valence-corrected chi connectivity index (χ4v) is 7.91. The van der Waals surface area contributed by atoms with Gasteiger partial charge in [-0.25, -0.2) is 9.59 Å². The number of carbonyl (C=O) groups excluding carboxylic acids is 2. The second-order valence-corrected chi connectivity index (χ2v) is 12.5. The summed E-state index contributed by atoms with van der Waals surface area (Å²) in [6.45, 7) is 0. The first-order chi connectivity index (χ1) is 17.9. The van der Waals surface area contributed by atoms with Crippen molar-refractivity contribution in [3.63, 3.8) is 0 Å². The SMILES string of the molecule is O=C(Oc1ccc(I)cc1)c1cccc2c([N+](=O)[O-])ccc(C(=O)Oc3cc(I)c(S(=O)(=O)O)c(I)c3)c12. The lowest BCUT2D eigenvalue weighted by Gasteiger charge is -2.13. The zero-order valence-electron chi connectivity index (χ0n) is 18.6. The smallest absolute Gasteiger partial charge is 0.344 e. The number of halogens is 3. The van der Waals surface area contributed by atoms with Gasteiger partial charge in [0.05, 0.1) is 21.4 Å². The van der Waals surface area contributed by atoms with Crippen molar-refractivity contribution in [2.75, 3.05) is 0 Å². The number of non-ortho nitro benzene ring substituents is 1. The average molecular weight is 871 g/mol. The minimum absolute atomic E-state index is 0.0207. The molecule has 0 saturated carbocycles. The van der Waals surface area contributed by atoms with Gasteiger partial charge in [-0.05, 0) is 122 Å². The molecule has 0 heterocycles. The van der Waals surface area contributed by atoms with Gasteiger partial charge in [-0.2, -0.15) is 8.42 Å². The maximum absolute atomic E-state index is 13.3. The molecule has 4 aromatic carbocycles. The van der Waals surface area contributed by atoms with E-state index in [0.29, 0.717) is 0 Å². The van der Waals surface area contributed by atoms with Gasteiger partial charge in [-0.15, -0.1) is 0 Å². The molecule has 1 N–H and O–H groups in total. The number of hydrogen-bond donors (Lipinski definition) is 1. The number of nitro groups is 1. The second-order valence-electron chi connectivity index (χ2n) is 7.54. The Kier molecular flexibility index (Phi) is 8.55. The van der Waals surface area contributed by atoms with E-state index in [1.54, 1.807) is 69.4 Å². The van der Waals surface area contributed by atoms with Crippen molar-refractivity contribution in [3.05, 3.63) is 98.7 Å². The van der Waals surface area contributed by atoms with Crippen LogP contribution in [0.2, 0.25) is 0 Å². The molecule has 0 aliphatic carbocycles. The maximum Gasteiger partial charge on any atom is 0.344 e. The Morgan fingerprint density at radius 3 is 1.92 bits per heavy atom. The van der Waals surface area contributed by atoms with Crippen LogP contribution in [0, 0.1) is 20.8 Å². The number of carbonyl (C=O) groups is 2. The van der Waals surface area contributed by atoms with Crippen molar-refractivity contribution in [2.45, 2.75) is 4.90 Å². The fraction of sp³-hybridized carbons (Fsp3) is 0. The Labute approximate surface area is 256 Å². The van der Waals surface area contributed by atoms with Gasteiger partial charge >= 0.3 is 11.9 Å². The van der Waals surface area contributed by atoms with Crippen molar-refractivity contribution in [1.29, 1.82) is 0 Å². The molecule has 0 radical (unpaired) electrons. The van der Waals surface area contributed by atoms with Crippen LogP contribution in [0.4, 0.5) is 5.69 Å². The summed E-state index contributed by atoms with van der Waals surface area (Å²) >= 11 is 5.45. The summed E-state index contributed by atoms with van der Waals surface area (Å²) in [6, 6.07) is 15.6. The molecule has 4 aromatic rings. The van der Waals surface area contributed by atoms with Gasteiger partial charge < -0.3 is 9.47 Å². The number of nitrogens with zero attached hydrogens (tertiary/aromatic N) is 1. The molecule has 194 valence electrons. The van der Waals surface area contributed by atoms with Crippen LogP contribution < -0.4 is 9.47 Å². The number of esters is 2. The summed E-state index contributed by atoms with van der Waals surface area (Å²) in [5.74, 6) is -1.59. The predicted molar refractivity (Wildman–Crippen MR) is 161 cm³/mol. The topological polar surface area (TPSA) is 150 Å². The molecule has 10 nitrogen and oxygen atoms in total. The van der Waals surface area contributed by atoms with Gasteiger partial charge in [0.15, 0.2) is 0 Å². The molecule has 0 aliphatic rings. The zero-order chi connectivity index (χ0) is 27.8. The first-order valence-electron chi connectivity index (χ1n) is 10.2. The molecule has 0 bridgehead atoms. The lowest BCUT2D eigenvalue weighted by molar-refractivity contribution is -0.383. The van der Waals surface area contributed by atoms with Crippen LogP contribution in [0.5, 0.6) is 11.5 Å². The molecule has 14 heteroatoms. The minimum atomic E-state index is -4.52. The fourth-order valence-electron chi connectivity index (χ4n) is 3.56. The van der Waals surface area contributed by atoms with Crippen LogP contribution in [-0.2, 0) is 10.1 Å². The molecular formula is C24H12I3NO9S. The largest absolute Gasteiger partial charge is 0.423 e. The van der Waals surface area contributed by atoms with Gasteiger partial charge in [0, 0.05) is 22.2 Å². The highest BCUT2D eigenvalue weighted by Crippen LogP contribution is 2.34. The third-order valence-electron chi connectivity index (χ3n) is 5.12. The van der Waals surface area contributed by atoms with Crippen molar-refractivity contribution in [3.8, 4) is 11.5 Å². The van der Waals surface area contributed by atoms with Gasteiger partial charge in [-0.3, -0.25) is 14.7 Å². The van der Waals surface area contributed by atoms with Crippen molar-refractivity contribution < 1.29 is 37.0 Å². The number of ether oxygens (including phenoxy) is 2. The lowest BCUT2D eigenvalue weighted by atomic mass is 9.97. The Hall–Kier alpha value is -2.42. The van der Waals surface area contributed by atoms with Crippen LogP contribution >= 0.6 is 67.8 Å². The second kappa shape index (κ2) is 11.4. The van der Waals surface area contributed by atoms with Crippen LogP contribution in [0.25, 0.3) is 10.8 Å². The van der Waals surface area contributed by atoms with Crippen LogP contribution in [0.1, 0.15) is 20.7 Å². The number of hydrogen-bond acceptors (Lipinski definition) is 8. The van der Waals surface area contributed by atoms with E-state index in [-0.39, 0.29) is 51.1 Å². The molecule has 4 rings (SSSR count). The first kappa shape index (κ1) is 28.6. The van der Waals surface area contributed by atoms with Gasteiger partial charge in [0.2, 0.25) is 0 Å². The van der Waals surface area contributed by atoms with E-state index in [1.165, 1.54) is 36.4 Å². The van der Waals surface area contributed by atoms with E-state index in [9.17, 15) is 32.7 Å². The summed E-state index contributed by atoms with van der Waals surface area (Å²) in [5, 5.41) is 11.7. The summed E-state index contributed by atoms with van der Waals surface area (Å²) in [4.78, 5) is 37.1. The number of nitro benzene ring substituents is 1. The summed E-state index contributed by atoms with van der Waals surface area (Å²) in [7, 11) is -4.52. The monoisotopic (exact) mass is 871 g/mol. The van der Waals surface area contributed by atoms with Crippen LogP contribution in [0.3, 0.4) is 0 Å². The van der Waals surface area contributed by atoms with Crippen molar-refractivity contribution >= 4 is 106 Å². The molecular weight excluding hydrogens is 859 g/mol. The van der Waals surface area contributed by atoms with Crippen molar-refractivity contribution in [2.24, 2.45) is 0 Å². The normalized spacial score (nSPS) is 11.3. The number of benzene rings is 4. The maximum atomic E-state index is 13.3. The lowest BCUT2D eigenvalue weighted by Crippen LogP contribution is -2.14. The molecule has 0 fully saturated rings. The van der Waals surface area contributed by atoms with E-state index >= 15 is 0 Å². The van der Waals surface area contributed by atoms with Crippen LogP contribution in [0.15, 0.2) is 71.6 Å². The summed E-state index contributed by atoms with van der Waals surface area (Å²) in [5.41, 5.74) is -0.575. The van der Waals surface area contributed by atoms with Gasteiger partial charge in [0.1, 0.15) is 16.4 Å². The Morgan fingerprint density at radius 2 is 1.37 bits per heavy atom. The third kappa shape index (κ3) is 6.08. The highest BCUT2D eigenvalue weighted by Gasteiger charge is 2.26. The summed E-state index contributed by atoms with van der Waals surface area (Å²) < 4.78 is 44.8. The van der Waals surface area contributed by atoms with Crippen molar-refractivity contribution in [1.82, 2.24) is 0 Å². The molecule has 0 amide bonds. The third-order valence-corrected chi connectivity index (χ3v) is 9.23. The predicted octanol–water partition coefficient (Wildman–Crippen LogP) is 6.25. The van der Waals surface area contributed by atoms with Gasteiger partial charge in [0.25, 0.3) is 15.8 Å². The molecule has 38 heavy (non-hydrogen) atoms. The van der Waals surface area contributed by atoms with E-state index < -0.39 is 27.0 Å². The summed E-state index contributed by atoms with van der Waals surface area (Å²) in [6.07, 6.45) is 0. The minimum Gasteiger partial charge on any atom is -0.423 e. The molecule has 0 aliphatic heterocycles. The highest BCUT2D eigenvalue weighted by molar-refractivity contribution is 14.1. The van der Waals surface area contributed by atoms with E-state index in [2.05, 4.69) is 22.6 Å². The quantitative estimate of drug-likeness (QED) is 0.0593. The zero-order valence-corrected chi connectivity index (χ0v) is 25.8. The van der Waals surface area contributed by atoms with E-state index in [1.807, 2.05) is 0 Å². The Balaban J connectivity index is 1.81. The van der Waals surface area contributed by atoms with Gasteiger partial charge in [-0.1, -0.05) is 6.07 Å². The standard InChI is InChI=1S/C24H12I3NO9S/c25-12-4-6-13(7-5-12)36-23(29)16-3-1-2-15-20(28(31)32)9-8-17(21(15)16)24(30)37-14-10-18(26)22(19(27)11-14)38(33,34)35/h1-11H,(H,33,34,35). The van der Waals surface area contributed by atoms with Crippen LogP contribution in [-0.4, -0.2) is 29.8 Å². The molecule has 0 unspecified atom stereocenters. The molecule has 0 spiro atoms. The van der Waals surface area contributed by atoms with E-state index in [4.69, 9.17) is 9.47 Å². The molecule has 0 saturated heterocycles. The first-order valence-corrected chi connectivity index (χ1v) is 14.9. The number of fused-ring (bicyclic) bond motifs is 1.